The van der Waals surface area contributed by atoms with Crippen molar-refractivity contribution in [1.82, 2.24) is 15.3 Å². The van der Waals surface area contributed by atoms with E-state index in [9.17, 15) is 18.0 Å². The number of alkyl halides is 3. The third-order valence-electron chi connectivity index (χ3n) is 4.32. The first-order chi connectivity index (χ1) is 12.9. The molecule has 142 valence electrons. The maximum atomic E-state index is 12.7. The number of anilines is 1. The summed E-state index contributed by atoms with van der Waals surface area (Å²) in [6.07, 6.45) is 3.13. The van der Waals surface area contributed by atoms with E-state index in [1.165, 1.54) is 24.3 Å². The van der Waals surface area contributed by atoms with Crippen LogP contribution >= 0.6 is 0 Å². The molecule has 1 fully saturated rings. The number of rotatable bonds is 4. The van der Waals surface area contributed by atoms with Gasteiger partial charge in [-0.15, -0.1) is 0 Å². The van der Waals surface area contributed by atoms with Crippen LogP contribution in [0.25, 0.3) is 6.08 Å². The van der Waals surface area contributed by atoms with Gasteiger partial charge in [-0.1, -0.05) is 12.1 Å². The maximum Gasteiger partial charge on any atom is 0.416 e. The van der Waals surface area contributed by atoms with Gasteiger partial charge >= 0.3 is 6.18 Å². The molecule has 0 bridgehead atoms. The summed E-state index contributed by atoms with van der Waals surface area (Å²) in [6, 6.07) is 6.64. The third kappa shape index (κ3) is 5.29. The second-order valence-electron chi connectivity index (χ2n) is 6.28. The van der Waals surface area contributed by atoms with E-state index in [2.05, 4.69) is 20.2 Å². The Hall–Kier alpha value is -2.90. The molecule has 5 nitrogen and oxygen atoms in total. The van der Waals surface area contributed by atoms with Crippen LogP contribution in [0.15, 0.2) is 48.8 Å². The summed E-state index contributed by atoms with van der Waals surface area (Å²) in [5.41, 5.74) is -0.406. The van der Waals surface area contributed by atoms with Crippen molar-refractivity contribution in [2.45, 2.75) is 25.1 Å². The SMILES string of the molecule is O=C(C=Cc1cccc(C(F)(F)F)c1)NC1CCN(c2ncccn2)CC1. The molecule has 2 heterocycles. The molecule has 1 N–H and O–H groups in total. The number of piperidine rings is 1. The zero-order valence-electron chi connectivity index (χ0n) is 14.5. The summed E-state index contributed by atoms with van der Waals surface area (Å²) in [5, 5.41) is 2.89. The molecular weight excluding hydrogens is 357 g/mol. The van der Waals surface area contributed by atoms with E-state index in [0.29, 0.717) is 11.5 Å². The molecule has 0 aliphatic carbocycles. The molecular formula is C19H19F3N4O. The summed E-state index contributed by atoms with van der Waals surface area (Å²) >= 11 is 0. The lowest BCUT2D eigenvalue weighted by Crippen LogP contribution is -2.44. The van der Waals surface area contributed by atoms with Crippen LogP contribution in [-0.4, -0.2) is 35.0 Å². The van der Waals surface area contributed by atoms with E-state index in [0.717, 1.165) is 38.1 Å². The fourth-order valence-electron chi connectivity index (χ4n) is 2.92. The van der Waals surface area contributed by atoms with Crippen LogP contribution < -0.4 is 10.2 Å². The minimum atomic E-state index is -4.40. The van der Waals surface area contributed by atoms with Crippen LogP contribution in [0.5, 0.6) is 0 Å². The van der Waals surface area contributed by atoms with Crippen LogP contribution in [0.2, 0.25) is 0 Å². The van der Waals surface area contributed by atoms with Crippen molar-refractivity contribution in [3.63, 3.8) is 0 Å². The number of hydrogen-bond donors (Lipinski definition) is 1. The molecule has 2 aromatic rings. The van der Waals surface area contributed by atoms with Crippen molar-refractivity contribution in [1.29, 1.82) is 0 Å². The minimum absolute atomic E-state index is 0.0172. The highest BCUT2D eigenvalue weighted by molar-refractivity contribution is 5.91. The van der Waals surface area contributed by atoms with Gasteiger partial charge in [-0.3, -0.25) is 4.79 Å². The van der Waals surface area contributed by atoms with Crippen LogP contribution in [0, 0.1) is 0 Å². The number of aromatic nitrogens is 2. The first-order valence-electron chi connectivity index (χ1n) is 8.59. The summed E-state index contributed by atoms with van der Waals surface area (Å²) in [6.45, 7) is 1.46. The van der Waals surface area contributed by atoms with Gasteiger partial charge in [0.05, 0.1) is 5.56 Å². The Bertz CT molecular complexity index is 800. The van der Waals surface area contributed by atoms with Gasteiger partial charge in [-0.25, -0.2) is 9.97 Å². The highest BCUT2D eigenvalue weighted by Crippen LogP contribution is 2.29. The molecule has 27 heavy (non-hydrogen) atoms. The van der Waals surface area contributed by atoms with Gasteiger partial charge in [-0.05, 0) is 42.7 Å². The Labute approximate surface area is 154 Å². The summed E-state index contributed by atoms with van der Waals surface area (Å²) in [4.78, 5) is 22.5. The maximum absolute atomic E-state index is 12.7. The normalized spacial score (nSPS) is 15.9. The zero-order chi connectivity index (χ0) is 19.3. The molecule has 3 rings (SSSR count). The lowest BCUT2D eigenvalue weighted by Gasteiger charge is -2.32. The predicted molar refractivity (Wildman–Crippen MR) is 95.9 cm³/mol. The average molecular weight is 376 g/mol. The molecule has 1 aliphatic heterocycles. The molecule has 1 amide bonds. The van der Waals surface area contributed by atoms with Crippen LogP contribution in [0.4, 0.5) is 19.1 Å². The first-order valence-corrected chi connectivity index (χ1v) is 8.59. The molecule has 0 atom stereocenters. The lowest BCUT2D eigenvalue weighted by atomic mass is 10.1. The van der Waals surface area contributed by atoms with E-state index in [1.807, 2.05) is 0 Å². The Kier molecular flexibility index (Phi) is 5.73. The van der Waals surface area contributed by atoms with Crippen molar-refractivity contribution in [3.8, 4) is 0 Å². The van der Waals surface area contributed by atoms with Crippen LogP contribution in [-0.2, 0) is 11.0 Å². The monoisotopic (exact) mass is 376 g/mol. The second-order valence-corrected chi connectivity index (χ2v) is 6.28. The summed E-state index contributed by atoms with van der Waals surface area (Å²) < 4.78 is 38.1. The minimum Gasteiger partial charge on any atom is -0.350 e. The van der Waals surface area contributed by atoms with Crippen LogP contribution in [0.1, 0.15) is 24.0 Å². The van der Waals surface area contributed by atoms with Gasteiger partial charge in [0.15, 0.2) is 0 Å². The Morgan fingerprint density at radius 1 is 1.15 bits per heavy atom. The van der Waals surface area contributed by atoms with E-state index in [1.54, 1.807) is 18.5 Å². The average Bonchev–Trinajstić information content (AvgIpc) is 2.67. The van der Waals surface area contributed by atoms with E-state index < -0.39 is 11.7 Å². The predicted octanol–water partition coefficient (Wildman–Crippen LogP) is 3.29. The Morgan fingerprint density at radius 2 is 1.85 bits per heavy atom. The van der Waals surface area contributed by atoms with Crippen molar-refractivity contribution >= 4 is 17.9 Å². The number of amides is 1. The lowest BCUT2D eigenvalue weighted by molar-refractivity contribution is -0.137. The molecule has 1 aromatic heterocycles. The largest absolute Gasteiger partial charge is 0.416 e. The number of hydrogen-bond acceptors (Lipinski definition) is 4. The molecule has 1 saturated heterocycles. The quantitative estimate of drug-likeness (QED) is 0.832. The van der Waals surface area contributed by atoms with E-state index >= 15 is 0 Å². The number of nitrogens with one attached hydrogen (secondary N) is 1. The van der Waals surface area contributed by atoms with E-state index in [-0.39, 0.29) is 11.9 Å². The van der Waals surface area contributed by atoms with Crippen LogP contribution in [0.3, 0.4) is 0 Å². The third-order valence-corrected chi connectivity index (χ3v) is 4.32. The van der Waals surface area contributed by atoms with Crippen molar-refractivity contribution in [3.05, 3.63) is 59.9 Å². The smallest absolute Gasteiger partial charge is 0.350 e. The van der Waals surface area contributed by atoms with Gasteiger partial charge in [-0.2, -0.15) is 13.2 Å². The molecule has 8 heteroatoms. The van der Waals surface area contributed by atoms with Gasteiger partial charge in [0.1, 0.15) is 0 Å². The van der Waals surface area contributed by atoms with Gasteiger partial charge in [0.2, 0.25) is 11.9 Å². The summed E-state index contributed by atoms with van der Waals surface area (Å²) in [5.74, 6) is 0.355. The standard InChI is InChI=1S/C19H19F3N4O/c20-19(21,22)15-4-1-3-14(13-15)5-6-17(27)25-16-7-11-26(12-8-16)18-23-9-2-10-24-18/h1-6,9-10,13,16H,7-8,11-12H2,(H,25,27). The van der Waals surface area contributed by atoms with Crippen molar-refractivity contribution < 1.29 is 18.0 Å². The number of carbonyl (C=O) groups excluding carboxylic acids is 1. The fraction of sp³-hybridized carbons (Fsp3) is 0.316. The Balaban J connectivity index is 1.51. The highest BCUT2D eigenvalue weighted by Gasteiger charge is 2.30. The first kappa shape index (κ1) is 18.9. The topological polar surface area (TPSA) is 58.1 Å². The van der Waals surface area contributed by atoms with Gasteiger partial charge in [0, 0.05) is 37.6 Å². The molecule has 0 unspecified atom stereocenters. The molecule has 0 saturated carbocycles. The van der Waals surface area contributed by atoms with Crippen molar-refractivity contribution in [2.75, 3.05) is 18.0 Å². The fourth-order valence-corrected chi connectivity index (χ4v) is 2.92. The second kappa shape index (κ2) is 8.20. The highest BCUT2D eigenvalue weighted by atomic mass is 19.4. The van der Waals surface area contributed by atoms with Gasteiger partial charge in [0.25, 0.3) is 0 Å². The molecule has 1 aliphatic rings. The molecule has 0 radical (unpaired) electrons. The summed E-state index contributed by atoms with van der Waals surface area (Å²) in [7, 11) is 0. The van der Waals surface area contributed by atoms with E-state index in [4.69, 9.17) is 0 Å². The number of nitrogens with zero attached hydrogens (tertiary/aromatic N) is 3. The number of carbonyl (C=O) groups is 1. The number of halogens is 3. The molecule has 1 aromatic carbocycles. The number of benzene rings is 1. The Morgan fingerprint density at radius 3 is 2.52 bits per heavy atom. The van der Waals surface area contributed by atoms with Crippen molar-refractivity contribution in [2.24, 2.45) is 0 Å². The van der Waals surface area contributed by atoms with Gasteiger partial charge < -0.3 is 10.2 Å². The molecule has 0 spiro atoms. The zero-order valence-corrected chi connectivity index (χ0v) is 14.5.